The molecule has 19 heavy (non-hydrogen) atoms. The lowest BCUT2D eigenvalue weighted by Crippen LogP contribution is -2.17. The van der Waals surface area contributed by atoms with Gasteiger partial charge >= 0.3 is 0 Å². The van der Waals surface area contributed by atoms with Gasteiger partial charge in [0.05, 0.1) is 12.2 Å². The van der Waals surface area contributed by atoms with E-state index in [2.05, 4.69) is 0 Å². The van der Waals surface area contributed by atoms with Crippen molar-refractivity contribution in [3.63, 3.8) is 0 Å². The zero-order valence-corrected chi connectivity index (χ0v) is 10.1. The number of para-hydroxylation sites is 1. The van der Waals surface area contributed by atoms with Crippen LogP contribution < -0.4 is 4.74 Å². The van der Waals surface area contributed by atoms with E-state index < -0.39 is 11.6 Å². The molecule has 0 radical (unpaired) electrons. The molecular formula is C15H12F2O2. The van der Waals surface area contributed by atoms with Crippen molar-refractivity contribution in [2.45, 2.75) is 12.5 Å². The fourth-order valence-corrected chi connectivity index (χ4v) is 2.39. The number of halogens is 2. The fourth-order valence-electron chi connectivity index (χ4n) is 2.39. The maximum atomic E-state index is 13.8. The maximum absolute atomic E-state index is 13.8. The topological polar surface area (TPSA) is 29.5 Å². The number of hydrogen-bond donors (Lipinski definition) is 1. The van der Waals surface area contributed by atoms with E-state index in [0.717, 1.165) is 5.56 Å². The molecule has 1 aliphatic heterocycles. The predicted molar refractivity (Wildman–Crippen MR) is 67.0 cm³/mol. The first-order chi connectivity index (χ1) is 9.20. The molecule has 4 heteroatoms. The number of ether oxygens (including phenoxy) is 1. The summed E-state index contributed by atoms with van der Waals surface area (Å²) in [5.41, 5.74) is 1.17. The molecule has 1 N–H and O–H groups in total. The molecule has 0 spiro atoms. The van der Waals surface area contributed by atoms with Crippen molar-refractivity contribution in [1.29, 1.82) is 0 Å². The van der Waals surface area contributed by atoms with Crippen molar-refractivity contribution in [2.24, 2.45) is 0 Å². The summed E-state index contributed by atoms with van der Waals surface area (Å²) >= 11 is 0. The van der Waals surface area contributed by atoms with Crippen LogP contribution in [0.4, 0.5) is 8.78 Å². The SMILES string of the molecule is OC[C@H]1Cc2cccc(-c3c(F)cccc3F)c2O1. The van der Waals surface area contributed by atoms with E-state index in [0.29, 0.717) is 17.7 Å². The molecular weight excluding hydrogens is 250 g/mol. The average Bonchev–Trinajstić information content (AvgIpc) is 2.82. The van der Waals surface area contributed by atoms with Crippen molar-refractivity contribution < 1.29 is 18.6 Å². The number of fused-ring (bicyclic) bond motifs is 1. The van der Waals surface area contributed by atoms with E-state index in [1.807, 2.05) is 6.07 Å². The molecule has 2 aromatic rings. The molecule has 0 bridgehead atoms. The van der Waals surface area contributed by atoms with Crippen molar-refractivity contribution >= 4 is 0 Å². The predicted octanol–water partition coefficient (Wildman–Crippen LogP) is 2.93. The van der Waals surface area contributed by atoms with Crippen LogP contribution in [0.25, 0.3) is 11.1 Å². The zero-order chi connectivity index (χ0) is 13.4. The molecule has 0 amide bonds. The van der Waals surface area contributed by atoms with Gasteiger partial charge in [0.15, 0.2) is 0 Å². The first kappa shape index (κ1) is 12.1. The van der Waals surface area contributed by atoms with Crippen LogP contribution in [0.3, 0.4) is 0 Å². The van der Waals surface area contributed by atoms with Crippen molar-refractivity contribution in [1.82, 2.24) is 0 Å². The Morgan fingerprint density at radius 1 is 1.11 bits per heavy atom. The van der Waals surface area contributed by atoms with Crippen LogP contribution in [0.15, 0.2) is 36.4 Å². The zero-order valence-electron chi connectivity index (χ0n) is 10.1. The quantitative estimate of drug-likeness (QED) is 0.901. The number of rotatable bonds is 2. The molecule has 2 aromatic carbocycles. The minimum absolute atomic E-state index is 0.0852. The highest BCUT2D eigenvalue weighted by Gasteiger charge is 2.26. The molecule has 0 fully saturated rings. The summed E-state index contributed by atoms with van der Waals surface area (Å²) in [4.78, 5) is 0. The molecule has 1 aliphatic rings. The lowest BCUT2D eigenvalue weighted by molar-refractivity contribution is 0.135. The van der Waals surface area contributed by atoms with Crippen molar-refractivity contribution in [2.75, 3.05) is 6.61 Å². The molecule has 0 aromatic heterocycles. The normalized spacial score (nSPS) is 17.1. The highest BCUT2D eigenvalue weighted by molar-refractivity contribution is 5.74. The lowest BCUT2D eigenvalue weighted by atomic mass is 10.00. The Labute approximate surface area is 109 Å². The lowest BCUT2D eigenvalue weighted by Gasteiger charge is -2.11. The Morgan fingerprint density at radius 2 is 1.79 bits per heavy atom. The summed E-state index contributed by atoms with van der Waals surface area (Å²) in [6.45, 7) is -0.117. The number of aliphatic hydroxyl groups excluding tert-OH is 1. The summed E-state index contributed by atoms with van der Waals surface area (Å²) in [6.07, 6.45) is 0.210. The van der Waals surface area contributed by atoms with Gasteiger partial charge in [-0.25, -0.2) is 8.78 Å². The monoisotopic (exact) mass is 262 g/mol. The molecule has 3 rings (SSSR count). The number of hydrogen-bond acceptors (Lipinski definition) is 2. The molecule has 98 valence electrons. The van der Waals surface area contributed by atoms with Gasteiger partial charge in [-0.05, 0) is 17.7 Å². The summed E-state index contributed by atoms with van der Waals surface area (Å²) in [5, 5.41) is 9.14. The molecule has 2 nitrogen and oxygen atoms in total. The molecule has 0 unspecified atom stereocenters. The Balaban J connectivity index is 2.16. The standard InChI is InChI=1S/C15H12F2O2/c16-12-5-2-6-13(17)14(12)11-4-1-3-9-7-10(8-18)19-15(9)11/h1-6,10,18H,7-8H2/t10-/m1/s1. The molecule has 0 aliphatic carbocycles. The fraction of sp³-hybridized carbons (Fsp3) is 0.200. The van der Waals surface area contributed by atoms with E-state index in [-0.39, 0.29) is 18.3 Å². The van der Waals surface area contributed by atoms with Gasteiger partial charge in [-0.1, -0.05) is 24.3 Å². The third-order valence-corrected chi connectivity index (χ3v) is 3.26. The first-order valence-corrected chi connectivity index (χ1v) is 6.04. The average molecular weight is 262 g/mol. The second-order valence-corrected chi connectivity index (χ2v) is 4.52. The summed E-state index contributed by atoms with van der Waals surface area (Å²) < 4.78 is 33.2. The van der Waals surface area contributed by atoms with E-state index in [4.69, 9.17) is 9.84 Å². The molecule has 1 atom stereocenters. The maximum Gasteiger partial charge on any atom is 0.134 e. The van der Waals surface area contributed by atoms with E-state index in [1.165, 1.54) is 18.2 Å². The molecule has 0 saturated carbocycles. The third kappa shape index (κ3) is 1.98. The number of aliphatic hydroxyl groups is 1. The van der Waals surface area contributed by atoms with Gasteiger partial charge in [-0.3, -0.25) is 0 Å². The number of benzene rings is 2. The smallest absolute Gasteiger partial charge is 0.134 e. The Morgan fingerprint density at radius 3 is 2.47 bits per heavy atom. The van der Waals surface area contributed by atoms with Crippen LogP contribution in [-0.2, 0) is 6.42 Å². The minimum atomic E-state index is -0.621. The van der Waals surface area contributed by atoms with Crippen LogP contribution in [-0.4, -0.2) is 17.8 Å². The van der Waals surface area contributed by atoms with Crippen LogP contribution in [0.1, 0.15) is 5.56 Å². The molecule has 1 heterocycles. The second kappa shape index (κ2) is 4.63. The van der Waals surface area contributed by atoms with Crippen LogP contribution in [0.2, 0.25) is 0 Å². The second-order valence-electron chi connectivity index (χ2n) is 4.52. The van der Waals surface area contributed by atoms with Crippen molar-refractivity contribution in [3.05, 3.63) is 53.6 Å². The van der Waals surface area contributed by atoms with E-state index >= 15 is 0 Å². The Hall–Kier alpha value is -1.94. The van der Waals surface area contributed by atoms with Gasteiger partial charge in [0.2, 0.25) is 0 Å². The highest BCUT2D eigenvalue weighted by Crippen LogP contribution is 2.40. The Bertz CT molecular complexity index is 605. The van der Waals surface area contributed by atoms with Gasteiger partial charge in [0.25, 0.3) is 0 Å². The minimum Gasteiger partial charge on any atom is -0.487 e. The Kier molecular flexibility index (Phi) is 2.95. The van der Waals surface area contributed by atoms with Crippen molar-refractivity contribution in [3.8, 4) is 16.9 Å². The van der Waals surface area contributed by atoms with E-state index in [1.54, 1.807) is 12.1 Å². The highest BCUT2D eigenvalue weighted by atomic mass is 19.1. The summed E-state index contributed by atoms with van der Waals surface area (Å²) in [7, 11) is 0. The van der Waals surface area contributed by atoms with Gasteiger partial charge in [-0.2, -0.15) is 0 Å². The van der Waals surface area contributed by atoms with Gasteiger partial charge in [0, 0.05) is 12.0 Å². The van der Waals surface area contributed by atoms with Gasteiger partial charge in [0.1, 0.15) is 23.5 Å². The molecule has 0 saturated heterocycles. The van der Waals surface area contributed by atoms with Crippen LogP contribution in [0, 0.1) is 11.6 Å². The van der Waals surface area contributed by atoms with Gasteiger partial charge in [-0.15, -0.1) is 0 Å². The third-order valence-electron chi connectivity index (χ3n) is 3.26. The van der Waals surface area contributed by atoms with Crippen LogP contribution in [0.5, 0.6) is 5.75 Å². The summed E-state index contributed by atoms with van der Waals surface area (Å²) in [6, 6.07) is 8.97. The van der Waals surface area contributed by atoms with Gasteiger partial charge < -0.3 is 9.84 Å². The first-order valence-electron chi connectivity index (χ1n) is 6.04. The summed E-state index contributed by atoms with van der Waals surface area (Å²) in [5.74, 6) is -0.778. The van der Waals surface area contributed by atoms with Crippen LogP contribution >= 0.6 is 0 Å². The largest absolute Gasteiger partial charge is 0.487 e. The van der Waals surface area contributed by atoms with E-state index in [9.17, 15) is 8.78 Å².